The number of carbonyl (C=O) groups is 1. The number of carbonyl (C=O) groups excluding carboxylic acids is 1. The predicted molar refractivity (Wildman–Crippen MR) is 91.7 cm³/mol. The lowest BCUT2D eigenvalue weighted by Crippen LogP contribution is -2.36. The third-order valence-corrected chi connectivity index (χ3v) is 4.72. The zero-order chi connectivity index (χ0) is 17.1. The van der Waals surface area contributed by atoms with Crippen LogP contribution in [-0.2, 0) is 13.0 Å². The molecule has 1 aliphatic rings. The van der Waals surface area contributed by atoms with E-state index < -0.39 is 0 Å². The van der Waals surface area contributed by atoms with E-state index in [-0.39, 0.29) is 17.9 Å². The number of urea groups is 1. The summed E-state index contributed by atoms with van der Waals surface area (Å²) in [4.78, 5) is 17.3. The minimum absolute atomic E-state index is 0.179. The van der Waals surface area contributed by atoms with Crippen molar-refractivity contribution in [1.29, 1.82) is 0 Å². The number of nitrogens with one attached hydrogen (secondary N) is 2. The lowest BCUT2D eigenvalue weighted by atomic mass is 10.1. The van der Waals surface area contributed by atoms with Gasteiger partial charge in [-0.25, -0.2) is 18.9 Å². The fourth-order valence-electron chi connectivity index (χ4n) is 2.76. The normalized spacial score (nSPS) is 16.5. The van der Waals surface area contributed by atoms with Crippen molar-refractivity contribution in [1.82, 2.24) is 20.1 Å². The lowest BCUT2D eigenvalue weighted by Gasteiger charge is -2.23. The van der Waals surface area contributed by atoms with Gasteiger partial charge in [0.25, 0.3) is 0 Å². The van der Waals surface area contributed by atoms with Crippen molar-refractivity contribution in [2.24, 2.45) is 0 Å². The molecule has 1 aromatic carbocycles. The first kappa shape index (κ1) is 16.8. The first-order valence-electron chi connectivity index (χ1n) is 7.95. The molecule has 3 rings (SSSR count). The molecule has 2 amide bonds. The van der Waals surface area contributed by atoms with Crippen molar-refractivity contribution in [3.63, 3.8) is 0 Å². The fourth-order valence-corrected chi connectivity index (χ4v) is 3.21. The maximum atomic E-state index is 13.8. The van der Waals surface area contributed by atoms with Crippen molar-refractivity contribution >= 4 is 23.5 Å². The van der Waals surface area contributed by atoms with Gasteiger partial charge in [0.05, 0.1) is 6.04 Å². The molecule has 8 heteroatoms. The van der Waals surface area contributed by atoms with Crippen molar-refractivity contribution in [3.8, 4) is 0 Å². The first-order chi connectivity index (χ1) is 11.6. The Morgan fingerprint density at radius 2 is 2.33 bits per heavy atom. The van der Waals surface area contributed by atoms with E-state index in [0.717, 1.165) is 37.5 Å². The van der Waals surface area contributed by atoms with E-state index >= 15 is 0 Å². The van der Waals surface area contributed by atoms with E-state index in [1.54, 1.807) is 12.1 Å². The summed E-state index contributed by atoms with van der Waals surface area (Å²) in [5.41, 5.74) is 0.425. The highest BCUT2D eigenvalue weighted by atomic mass is 32.2. The summed E-state index contributed by atoms with van der Waals surface area (Å²) in [6, 6.07) is 4.12. The Hall–Kier alpha value is -2.09. The molecular formula is C16H20FN5OS. The molecule has 24 heavy (non-hydrogen) atoms. The second-order valence-corrected chi connectivity index (χ2v) is 6.45. The number of amides is 2. The molecule has 2 N–H and O–H groups in total. The Bertz CT molecular complexity index is 748. The van der Waals surface area contributed by atoms with Crippen molar-refractivity contribution in [2.45, 2.75) is 43.7 Å². The number of benzene rings is 1. The molecule has 6 nitrogen and oxygen atoms in total. The highest BCUT2D eigenvalue weighted by Crippen LogP contribution is 2.24. The number of aromatic nitrogens is 3. The minimum atomic E-state index is -0.370. The molecule has 128 valence electrons. The smallest absolute Gasteiger partial charge is 0.319 e. The first-order valence-corrected chi connectivity index (χ1v) is 9.18. The van der Waals surface area contributed by atoms with E-state index in [9.17, 15) is 9.18 Å². The van der Waals surface area contributed by atoms with Gasteiger partial charge in [-0.1, -0.05) is 6.92 Å². The van der Waals surface area contributed by atoms with E-state index in [4.69, 9.17) is 0 Å². The average Bonchev–Trinajstić information content (AvgIpc) is 2.99. The summed E-state index contributed by atoms with van der Waals surface area (Å²) in [6.07, 6.45) is 4.32. The Kier molecular flexibility index (Phi) is 5.03. The molecule has 0 saturated heterocycles. The third kappa shape index (κ3) is 3.53. The number of halogens is 1. The Labute approximate surface area is 144 Å². The van der Waals surface area contributed by atoms with Gasteiger partial charge in [0.15, 0.2) is 5.82 Å². The van der Waals surface area contributed by atoms with Gasteiger partial charge < -0.3 is 10.6 Å². The van der Waals surface area contributed by atoms with Crippen LogP contribution in [0.3, 0.4) is 0 Å². The topological polar surface area (TPSA) is 71.8 Å². The SMILES string of the molecule is CCc1nc2n(n1)CCC[C@@H]2NC(=O)Nc1ccc(SC)c(F)c1. The Morgan fingerprint density at radius 1 is 1.50 bits per heavy atom. The standard InChI is InChI=1S/C16H20FN5OS/c1-3-14-20-15-12(5-4-8-22(15)21-14)19-16(23)18-10-6-7-13(24-2)11(17)9-10/h6-7,9,12H,3-5,8H2,1-2H3,(H2,18,19,23)/t12-/m0/s1. The summed E-state index contributed by atoms with van der Waals surface area (Å²) in [7, 11) is 0. The van der Waals surface area contributed by atoms with Crippen LogP contribution in [0.4, 0.5) is 14.9 Å². The molecule has 0 spiro atoms. The van der Waals surface area contributed by atoms with Crippen LogP contribution in [-0.4, -0.2) is 27.1 Å². The largest absolute Gasteiger partial charge is 0.328 e. The molecule has 0 unspecified atom stereocenters. The van der Waals surface area contributed by atoms with Crippen molar-refractivity contribution in [3.05, 3.63) is 35.7 Å². The highest BCUT2D eigenvalue weighted by Gasteiger charge is 2.25. The molecule has 0 saturated carbocycles. The van der Waals surface area contributed by atoms with E-state index in [1.807, 2.05) is 17.9 Å². The van der Waals surface area contributed by atoms with Gasteiger partial charge in [0.1, 0.15) is 11.6 Å². The predicted octanol–water partition coefficient (Wildman–Crippen LogP) is 3.36. The van der Waals surface area contributed by atoms with Crippen LogP contribution in [0.1, 0.15) is 37.5 Å². The van der Waals surface area contributed by atoms with Gasteiger partial charge in [-0.05, 0) is 37.3 Å². The van der Waals surface area contributed by atoms with Crippen LogP contribution in [0.25, 0.3) is 0 Å². The van der Waals surface area contributed by atoms with Crippen molar-refractivity contribution in [2.75, 3.05) is 11.6 Å². The average molecular weight is 349 g/mol. The van der Waals surface area contributed by atoms with Crippen LogP contribution < -0.4 is 10.6 Å². The molecule has 1 aliphatic heterocycles. The number of fused-ring (bicyclic) bond motifs is 1. The van der Waals surface area contributed by atoms with E-state index in [0.29, 0.717) is 10.6 Å². The number of anilines is 1. The Morgan fingerprint density at radius 3 is 3.04 bits per heavy atom. The third-order valence-electron chi connectivity index (χ3n) is 3.95. The summed E-state index contributed by atoms with van der Waals surface area (Å²) in [5.74, 6) is 1.23. The van der Waals surface area contributed by atoms with E-state index in [2.05, 4.69) is 20.7 Å². The van der Waals surface area contributed by atoms with Gasteiger partial charge in [-0.3, -0.25) is 0 Å². The Balaban J connectivity index is 1.67. The molecule has 0 bridgehead atoms. The summed E-state index contributed by atoms with van der Waals surface area (Å²) in [5, 5.41) is 10.0. The quantitative estimate of drug-likeness (QED) is 0.830. The van der Waals surface area contributed by atoms with Gasteiger partial charge in [0.2, 0.25) is 0 Å². The summed E-state index contributed by atoms with van der Waals surface area (Å²) < 4.78 is 15.6. The van der Waals surface area contributed by atoms with Crippen molar-refractivity contribution < 1.29 is 9.18 Å². The van der Waals surface area contributed by atoms with Crippen LogP contribution in [0.5, 0.6) is 0 Å². The molecule has 0 radical (unpaired) electrons. The number of hydrogen-bond acceptors (Lipinski definition) is 4. The number of aryl methyl sites for hydroxylation is 2. The summed E-state index contributed by atoms with van der Waals surface area (Å²) >= 11 is 1.33. The molecule has 2 heterocycles. The maximum Gasteiger partial charge on any atom is 0.319 e. The molecule has 2 aromatic rings. The van der Waals surface area contributed by atoms with E-state index in [1.165, 1.54) is 17.8 Å². The zero-order valence-electron chi connectivity index (χ0n) is 13.7. The number of nitrogens with zero attached hydrogens (tertiary/aromatic N) is 3. The monoisotopic (exact) mass is 349 g/mol. The molecule has 0 aliphatic carbocycles. The molecule has 1 atom stereocenters. The van der Waals surface area contributed by atoms with Gasteiger partial charge in [-0.15, -0.1) is 11.8 Å². The van der Waals surface area contributed by atoms with Crippen LogP contribution >= 0.6 is 11.8 Å². The van der Waals surface area contributed by atoms with Crippen LogP contribution in [0.2, 0.25) is 0 Å². The maximum absolute atomic E-state index is 13.8. The number of hydrogen-bond donors (Lipinski definition) is 2. The zero-order valence-corrected chi connectivity index (χ0v) is 14.5. The number of rotatable bonds is 4. The fraction of sp³-hybridized carbons (Fsp3) is 0.438. The summed E-state index contributed by atoms with van der Waals surface area (Å²) in [6.45, 7) is 2.83. The van der Waals surface area contributed by atoms with Crippen LogP contribution in [0, 0.1) is 5.82 Å². The van der Waals surface area contributed by atoms with Crippen LogP contribution in [0.15, 0.2) is 23.1 Å². The molecular weight excluding hydrogens is 329 g/mol. The van der Waals surface area contributed by atoms with Gasteiger partial charge >= 0.3 is 6.03 Å². The number of thioether (sulfide) groups is 1. The second-order valence-electron chi connectivity index (χ2n) is 5.61. The second kappa shape index (κ2) is 7.21. The van der Waals surface area contributed by atoms with Gasteiger partial charge in [0, 0.05) is 23.5 Å². The van der Waals surface area contributed by atoms with Gasteiger partial charge in [-0.2, -0.15) is 5.10 Å². The molecule has 0 fully saturated rings. The highest BCUT2D eigenvalue weighted by molar-refractivity contribution is 7.98. The lowest BCUT2D eigenvalue weighted by molar-refractivity contribution is 0.244. The minimum Gasteiger partial charge on any atom is -0.328 e. The molecule has 1 aromatic heterocycles.